The highest BCUT2D eigenvalue weighted by molar-refractivity contribution is 6.28. The van der Waals surface area contributed by atoms with Crippen LogP contribution in [-0.4, -0.2) is 19.4 Å². The molecule has 3 heterocycles. The van der Waals surface area contributed by atoms with Crippen LogP contribution in [0.2, 0.25) is 5.28 Å². The first kappa shape index (κ1) is 10.2. The highest BCUT2D eigenvalue weighted by Crippen LogP contribution is 2.23. The van der Waals surface area contributed by atoms with Crippen LogP contribution in [0, 0.1) is 6.92 Å². The number of hydrogen-bond donors (Lipinski definition) is 0. The summed E-state index contributed by atoms with van der Waals surface area (Å²) in [7, 11) is 0. The van der Waals surface area contributed by atoms with Gasteiger partial charge in [-0.1, -0.05) is 6.07 Å². The Morgan fingerprint density at radius 3 is 2.88 bits per heavy atom. The molecule has 0 aliphatic carbocycles. The molecule has 0 aromatic carbocycles. The molecule has 0 atom stereocenters. The fourth-order valence-electron chi connectivity index (χ4n) is 1.85. The van der Waals surface area contributed by atoms with E-state index >= 15 is 0 Å². The average Bonchev–Trinajstić information content (AvgIpc) is 2.68. The molecular weight excluding hydrogens is 236 g/mol. The van der Waals surface area contributed by atoms with Gasteiger partial charge in [-0.2, -0.15) is 0 Å². The topological polar surface area (TPSA) is 43.1 Å². The van der Waals surface area contributed by atoms with Crippen molar-refractivity contribution in [3.8, 4) is 11.4 Å². The van der Waals surface area contributed by atoms with Gasteiger partial charge in [-0.25, -0.2) is 15.0 Å². The zero-order chi connectivity index (χ0) is 11.8. The number of halogens is 1. The van der Waals surface area contributed by atoms with Gasteiger partial charge in [0.1, 0.15) is 11.5 Å². The van der Waals surface area contributed by atoms with Gasteiger partial charge in [0.05, 0.1) is 11.2 Å². The number of nitrogens with zero attached hydrogens (tertiary/aromatic N) is 4. The van der Waals surface area contributed by atoms with Gasteiger partial charge in [0, 0.05) is 12.4 Å². The van der Waals surface area contributed by atoms with Gasteiger partial charge in [-0.15, -0.1) is 0 Å². The largest absolute Gasteiger partial charge is 0.303 e. The molecule has 4 nitrogen and oxygen atoms in total. The van der Waals surface area contributed by atoms with Gasteiger partial charge in [-0.05, 0) is 36.7 Å². The minimum atomic E-state index is 0.234. The second-order valence-electron chi connectivity index (χ2n) is 3.67. The lowest BCUT2D eigenvalue weighted by Gasteiger charge is -1.97. The summed E-state index contributed by atoms with van der Waals surface area (Å²) < 4.78 is 2.02. The van der Waals surface area contributed by atoms with Crippen LogP contribution in [0.25, 0.3) is 16.9 Å². The highest BCUT2D eigenvalue weighted by Gasteiger charge is 2.11. The smallest absolute Gasteiger partial charge is 0.222 e. The molecule has 0 N–H and O–H groups in total. The number of aryl methyl sites for hydroxylation is 1. The van der Waals surface area contributed by atoms with Crippen molar-refractivity contribution in [2.45, 2.75) is 6.92 Å². The summed E-state index contributed by atoms with van der Waals surface area (Å²) in [6.07, 6.45) is 3.61. The van der Waals surface area contributed by atoms with Crippen molar-refractivity contribution in [1.82, 2.24) is 19.4 Å². The predicted octanol–water partition coefficient (Wildman–Crippen LogP) is 2.75. The van der Waals surface area contributed by atoms with Crippen molar-refractivity contribution >= 4 is 17.1 Å². The van der Waals surface area contributed by atoms with Gasteiger partial charge in [0.25, 0.3) is 0 Å². The van der Waals surface area contributed by atoms with Gasteiger partial charge in [0.15, 0.2) is 0 Å². The minimum absolute atomic E-state index is 0.234. The normalized spacial score (nSPS) is 10.9. The molecule has 0 amide bonds. The van der Waals surface area contributed by atoms with E-state index in [9.17, 15) is 0 Å². The molecular formula is C12H9ClN4. The van der Waals surface area contributed by atoms with E-state index in [2.05, 4.69) is 15.0 Å². The van der Waals surface area contributed by atoms with E-state index in [0.29, 0.717) is 0 Å². The molecule has 0 unspecified atom stereocenters. The maximum Gasteiger partial charge on any atom is 0.222 e. The van der Waals surface area contributed by atoms with Crippen LogP contribution in [-0.2, 0) is 0 Å². The van der Waals surface area contributed by atoms with Crippen molar-refractivity contribution < 1.29 is 0 Å². The molecule has 84 valence electrons. The number of fused-ring (bicyclic) bond motifs is 1. The van der Waals surface area contributed by atoms with Crippen LogP contribution in [0.3, 0.4) is 0 Å². The lowest BCUT2D eigenvalue weighted by atomic mass is 10.2. The third-order valence-electron chi connectivity index (χ3n) is 2.59. The van der Waals surface area contributed by atoms with Gasteiger partial charge in [0.2, 0.25) is 5.28 Å². The third-order valence-corrected chi connectivity index (χ3v) is 2.78. The maximum absolute atomic E-state index is 5.80. The Morgan fingerprint density at radius 2 is 2.06 bits per heavy atom. The Bertz CT molecular complexity index is 690. The number of imidazole rings is 1. The number of hydrogen-bond acceptors (Lipinski definition) is 3. The molecule has 0 aliphatic heterocycles. The quantitative estimate of drug-likeness (QED) is 0.618. The van der Waals surface area contributed by atoms with Gasteiger partial charge in [-0.3, -0.25) is 0 Å². The minimum Gasteiger partial charge on any atom is -0.303 e. The summed E-state index contributed by atoms with van der Waals surface area (Å²) in [5.41, 5.74) is 2.58. The zero-order valence-corrected chi connectivity index (χ0v) is 9.89. The van der Waals surface area contributed by atoms with E-state index in [1.54, 1.807) is 12.3 Å². The van der Waals surface area contributed by atoms with Crippen molar-refractivity contribution in [3.63, 3.8) is 0 Å². The summed E-state index contributed by atoms with van der Waals surface area (Å²) in [6.45, 7) is 1.96. The summed E-state index contributed by atoms with van der Waals surface area (Å²) in [5.74, 6) is 0.922. The molecule has 5 heteroatoms. The Morgan fingerprint density at radius 1 is 1.18 bits per heavy atom. The molecule has 0 saturated carbocycles. The van der Waals surface area contributed by atoms with Crippen LogP contribution in [0.4, 0.5) is 0 Å². The molecule has 0 aliphatic rings. The van der Waals surface area contributed by atoms with Crippen LogP contribution in [0.15, 0.2) is 36.7 Å². The highest BCUT2D eigenvalue weighted by atomic mass is 35.5. The standard InChI is InChI=1S/C12H9ClN4/c1-8-15-11(9-5-6-14-12(13)16-9)10-4-2-3-7-17(8)10/h2-7H,1H3. The van der Waals surface area contributed by atoms with E-state index in [4.69, 9.17) is 11.6 Å². The summed E-state index contributed by atoms with van der Waals surface area (Å²) >= 11 is 5.80. The average molecular weight is 245 g/mol. The SMILES string of the molecule is Cc1nc(-c2ccnc(Cl)n2)c2ccccn12. The molecule has 0 bridgehead atoms. The molecule has 0 fully saturated rings. The molecule has 0 spiro atoms. The van der Waals surface area contributed by atoms with Crippen LogP contribution in [0.5, 0.6) is 0 Å². The first-order valence-electron chi connectivity index (χ1n) is 5.18. The van der Waals surface area contributed by atoms with E-state index < -0.39 is 0 Å². The number of pyridine rings is 1. The fourth-order valence-corrected chi connectivity index (χ4v) is 1.99. The molecule has 3 aromatic rings. The third kappa shape index (κ3) is 1.66. The van der Waals surface area contributed by atoms with Gasteiger partial charge < -0.3 is 4.40 Å². The fraction of sp³-hybridized carbons (Fsp3) is 0.0833. The van der Waals surface area contributed by atoms with Crippen LogP contribution >= 0.6 is 11.6 Å². The Kier molecular flexibility index (Phi) is 2.30. The molecule has 0 radical (unpaired) electrons. The molecule has 3 rings (SSSR count). The van der Waals surface area contributed by atoms with Crippen molar-refractivity contribution in [2.75, 3.05) is 0 Å². The summed E-state index contributed by atoms with van der Waals surface area (Å²) in [5, 5.41) is 0.234. The summed E-state index contributed by atoms with van der Waals surface area (Å²) in [4.78, 5) is 12.6. The zero-order valence-electron chi connectivity index (χ0n) is 9.13. The summed E-state index contributed by atoms with van der Waals surface area (Å²) in [6, 6.07) is 7.76. The Balaban J connectivity index is 2.31. The molecule has 17 heavy (non-hydrogen) atoms. The lowest BCUT2D eigenvalue weighted by molar-refractivity contribution is 1.04. The lowest BCUT2D eigenvalue weighted by Crippen LogP contribution is -1.87. The molecule has 3 aromatic heterocycles. The Labute approximate surface area is 103 Å². The predicted molar refractivity (Wildman–Crippen MR) is 66.0 cm³/mol. The first-order chi connectivity index (χ1) is 8.25. The second kappa shape index (κ2) is 3.82. The second-order valence-corrected chi connectivity index (χ2v) is 4.01. The molecule has 0 saturated heterocycles. The Hall–Kier alpha value is -1.94. The van der Waals surface area contributed by atoms with Crippen molar-refractivity contribution in [1.29, 1.82) is 0 Å². The van der Waals surface area contributed by atoms with Crippen molar-refractivity contribution in [2.24, 2.45) is 0 Å². The number of aromatic nitrogens is 4. The van der Waals surface area contributed by atoms with E-state index in [1.807, 2.05) is 35.7 Å². The monoisotopic (exact) mass is 244 g/mol. The number of rotatable bonds is 1. The van der Waals surface area contributed by atoms with Crippen molar-refractivity contribution in [3.05, 3.63) is 47.8 Å². The maximum atomic E-state index is 5.80. The first-order valence-corrected chi connectivity index (χ1v) is 5.56. The van der Waals surface area contributed by atoms with E-state index in [0.717, 1.165) is 22.7 Å². The van der Waals surface area contributed by atoms with Crippen LogP contribution < -0.4 is 0 Å². The van der Waals surface area contributed by atoms with Crippen LogP contribution in [0.1, 0.15) is 5.82 Å². The van der Waals surface area contributed by atoms with E-state index in [1.165, 1.54) is 0 Å². The van der Waals surface area contributed by atoms with E-state index in [-0.39, 0.29) is 5.28 Å². The van der Waals surface area contributed by atoms with Gasteiger partial charge >= 0.3 is 0 Å².